The van der Waals surface area contributed by atoms with Gasteiger partial charge in [0, 0.05) is 64.8 Å². The average Bonchev–Trinajstić information content (AvgIpc) is 2.78. The first-order valence-electron chi connectivity index (χ1n) is 10.8. The molecule has 0 aliphatic carbocycles. The van der Waals surface area contributed by atoms with Gasteiger partial charge >= 0.3 is 85.5 Å². The van der Waals surface area contributed by atoms with Crippen molar-refractivity contribution in [2.75, 3.05) is 46.3 Å². The molecule has 0 unspecified atom stereocenters. The monoisotopic (exact) mass is 735 g/mol. The zero-order valence-corrected chi connectivity index (χ0v) is 24.3. The van der Waals surface area contributed by atoms with E-state index < -0.39 is 15.6 Å². The summed E-state index contributed by atoms with van der Waals surface area (Å²) in [5.74, 6) is 0. The van der Waals surface area contributed by atoms with Gasteiger partial charge in [-0.05, 0) is 31.3 Å². The predicted molar refractivity (Wildman–Crippen MR) is 127 cm³/mol. The molecule has 0 spiro atoms. The Kier molecular flexibility index (Phi) is 13.7. The van der Waals surface area contributed by atoms with E-state index in [1.807, 2.05) is 24.5 Å². The second kappa shape index (κ2) is 13.4. The molecule has 3 heterocycles. The fourth-order valence-corrected chi connectivity index (χ4v) is 3.00. The molecule has 0 amide bonds. The Balaban J connectivity index is 0. The van der Waals surface area contributed by atoms with E-state index in [1.165, 1.54) is 0 Å². The molecule has 0 atom stereocenters. The molecule has 2 aromatic heterocycles. The van der Waals surface area contributed by atoms with Gasteiger partial charge in [-0.2, -0.15) is 0 Å². The number of likely N-dealkylation sites (N-methyl/N-ethyl adjacent to an activating group) is 1. The molecule has 2 N–H and O–H groups in total. The van der Waals surface area contributed by atoms with Crippen molar-refractivity contribution in [2.24, 2.45) is 0 Å². The van der Waals surface area contributed by atoms with Gasteiger partial charge in [-0.15, -0.1) is 0 Å². The van der Waals surface area contributed by atoms with Crippen LogP contribution in [0.3, 0.4) is 0 Å². The van der Waals surface area contributed by atoms with Crippen molar-refractivity contribution >= 4 is 15.6 Å². The van der Waals surface area contributed by atoms with Crippen LogP contribution in [0.1, 0.15) is 11.4 Å². The van der Waals surface area contributed by atoms with Crippen LogP contribution in [0.5, 0.6) is 0 Å². The molecular weight excluding hydrogens is 705 g/mol. The normalized spacial score (nSPS) is 19.3. The summed E-state index contributed by atoms with van der Waals surface area (Å²) in [4.78, 5) is 16.4. The zero-order chi connectivity index (χ0) is 29.4. The minimum Gasteiger partial charge on any atom is -0.412 e. The van der Waals surface area contributed by atoms with Crippen molar-refractivity contribution in [2.45, 2.75) is 13.1 Å². The van der Waals surface area contributed by atoms with Crippen LogP contribution in [0.15, 0.2) is 48.8 Å². The molecule has 0 aromatic carbocycles. The van der Waals surface area contributed by atoms with Crippen LogP contribution in [0.4, 0.5) is 50.4 Å². The van der Waals surface area contributed by atoms with E-state index in [0.717, 1.165) is 63.7 Å². The Morgan fingerprint density at radius 2 is 0.850 bits per heavy atom. The van der Waals surface area contributed by atoms with Crippen LogP contribution in [0, 0.1) is 0 Å². The fraction of sp³-hybridized carbons (Fsp3) is 0.474. The van der Waals surface area contributed by atoms with Crippen LogP contribution in [-0.4, -0.2) is 76.5 Å². The second-order valence-corrected chi connectivity index (χ2v) is 12.2. The Hall–Kier alpha value is -1.22. The van der Waals surface area contributed by atoms with Gasteiger partial charge in [0.2, 0.25) is 0 Å². The summed E-state index contributed by atoms with van der Waals surface area (Å²) in [7, 11) is -19.1. The maximum Gasteiger partial charge on any atom is 5.00 e. The summed E-state index contributed by atoms with van der Waals surface area (Å²) >= 11 is 0. The Labute approximate surface area is 235 Å². The first-order chi connectivity index (χ1) is 16.7. The third-order valence-corrected chi connectivity index (χ3v) is 4.55. The van der Waals surface area contributed by atoms with Gasteiger partial charge in [0.25, 0.3) is 0 Å². The third-order valence-electron chi connectivity index (χ3n) is 4.55. The van der Waals surface area contributed by atoms with Crippen molar-refractivity contribution in [3.05, 3.63) is 60.2 Å². The number of aromatic nitrogens is 2. The molecule has 1 aliphatic rings. The Morgan fingerprint density at radius 1 is 0.575 bits per heavy atom. The average molecular weight is 734 g/mol. The first-order valence-corrected chi connectivity index (χ1v) is 14.8. The van der Waals surface area contributed by atoms with Gasteiger partial charge in [-0.1, -0.05) is 12.1 Å². The molecule has 1 fully saturated rings. The van der Waals surface area contributed by atoms with Gasteiger partial charge in [-0.25, -0.2) is 0 Å². The molecule has 1 radical (unpaired) electrons. The fourth-order valence-electron chi connectivity index (χ4n) is 3.00. The predicted octanol–water partition coefficient (Wildman–Crippen LogP) is 7.66. The Morgan fingerprint density at radius 3 is 1.10 bits per heavy atom. The number of pyridine rings is 2. The molecular formula is C19H29F12N5OP2Ru+3. The summed E-state index contributed by atoms with van der Waals surface area (Å²) < 4.78 is 118. The van der Waals surface area contributed by atoms with Gasteiger partial charge in [0.1, 0.15) is 0 Å². The van der Waals surface area contributed by atoms with Crippen molar-refractivity contribution < 1.29 is 75.3 Å². The number of nitrogens with zero attached hydrogens (tertiary/aromatic N) is 5. The largest absolute Gasteiger partial charge is 5.00 e. The minimum atomic E-state index is -10.7. The van der Waals surface area contributed by atoms with Crippen LogP contribution < -0.4 is 0 Å². The SMILES string of the molecule is CN1CCN(Cc2ccccn2)CCN(Cc2ccccn2)CC1.F[P-](F)(F)(F)(F)F.F[P-](F)(F)(F)(F)F.O.[Ru+5]. The molecule has 2 aromatic rings. The smallest absolute Gasteiger partial charge is 0.412 e. The standard InChI is InChI=1S/C19H27N5.2F6P.H2O.Ru/c1-22-10-12-23(16-18-6-2-4-8-20-18)14-15-24(13-11-22)17-19-7-3-5-9-21-19;2*1-7(2,3,4,5)6;;/h2-9H,10-17H2,1H3;;;1H2;/q;2*-1;;+5. The summed E-state index contributed by atoms with van der Waals surface area (Å²) in [6.07, 6.45) is 3.76. The van der Waals surface area contributed by atoms with Gasteiger partial charge < -0.3 is 10.4 Å². The topological polar surface area (TPSA) is 67.0 Å². The van der Waals surface area contributed by atoms with E-state index in [9.17, 15) is 50.4 Å². The van der Waals surface area contributed by atoms with Crippen LogP contribution >= 0.6 is 15.6 Å². The number of rotatable bonds is 4. The second-order valence-electron chi connectivity index (χ2n) is 8.41. The van der Waals surface area contributed by atoms with E-state index in [0.29, 0.717) is 0 Å². The Bertz CT molecular complexity index is 899. The zero-order valence-electron chi connectivity index (χ0n) is 20.8. The first kappa shape index (κ1) is 40.9. The van der Waals surface area contributed by atoms with E-state index in [2.05, 4.69) is 56.0 Å². The van der Waals surface area contributed by atoms with E-state index in [-0.39, 0.29) is 25.0 Å². The molecule has 0 saturated carbocycles. The summed E-state index contributed by atoms with van der Waals surface area (Å²) in [5.41, 5.74) is 2.30. The number of halogens is 12. The van der Waals surface area contributed by atoms with Crippen molar-refractivity contribution in [3.63, 3.8) is 0 Å². The van der Waals surface area contributed by atoms with Crippen molar-refractivity contribution in [1.82, 2.24) is 24.7 Å². The minimum absolute atomic E-state index is 0. The van der Waals surface area contributed by atoms with Crippen molar-refractivity contribution in [1.29, 1.82) is 0 Å². The summed E-state index contributed by atoms with van der Waals surface area (Å²) in [6, 6.07) is 12.3. The van der Waals surface area contributed by atoms with E-state index in [1.54, 1.807) is 0 Å². The van der Waals surface area contributed by atoms with E-state index >= 15 is 0 Å². The molecule has 0 bridgehead atoms. The summed E-state index contributed by atoms with van der Waals surface area (Å²) in [6.45, 7) is 8.36. The maximum atomic E-state index is 9.87. The quantitative estimate of drug-likeness (QED) is 0.184. The number of hydrogen-bond acceptors (Lipinski definition) is 5. The third kappa shape index (κ3) is 33.0. The van der Waals surface area contributed by atoms with Gasteiger partial charge in [-0.3, -0.25) is 19.8 Å². The molecule has 40 heavy (non-hydrogen) atoms. The molecule has 235 valence electrons. The summed E-state index contributed by atoms with van der Waals surface area (Å²) in [5, 5.41) is 0. The van der Waals surface area contributed by atoms with Crippen molar-refractivity contribution in [3.8, 4) is 0 Å². The molecule has 1 aliphatic heterocycles. The number of hydrogen-bond donors (Lipinski definition) is 0. The molecule has 21 heteroatoms. The van der Waals surface area contributed by atoms with Crippen LogP contribution in [0.2, 0.25) is 0 Å². The van der Waals surface area contributed by atoms with Gasteiger partial charge in [0.15, 0.2) is 0 Å². The van der Waals surface area contributed by atoms with Gasteiger partial charge in [0.05, 0.1) is 11.4 Å². The molecule has 1 saturated heterocycles. The molecule has 6 nitrogen and oxygen atoms in total. The molecule has 3 rings (SSSR count). The van der Waals surface area contributed by atoms with Crippen LogP contribution in [-0.2, 0) is 32.6 Å². The van der Waals surface area contributed by atoms with E-state index in [4.69, 9.17) is 0 Å². The van der Waals surface area contributed by atoms with Crippen LogP contribution in [0.25, 0.3) is 0 Å². The maximum absolute atomic E-state index is 10.7.